The Kier molecular flexibility index (Phi) is 21.0. The first-order valence-corrected chi connectivity index (χ1v) is 27.5. The van der Waals surface area contributed by atoms with Gasteiger partial charge in [-0.15, -0.1) is 0 Å². The lowest BCUT2D eigenvalue weighted by Gasteiger charge is -2.47. The number of aliphatic hydroxyl groups excluding tert-OH is 1. The van der Waals surface area contributed by atoms with Crippen molar-refractivity contribution in [1.29, 1.82) is 0 Å². The number of esters is 1. The third-order valence-corrected chi connectivity index (χ3v) is 20.6. The molecule has 2 bridgehead atoms. The van der Waals surface area contributed by atoms with Gasteiger partial charge in [-0.2, -0.15) is 0 Å². The van der Waals surface area contributed by atoms with Gasteiger partial charge in [0.05, 0.1) is 30.5 Å². The predicted molar refractivity (Wildman–Crippen MR) is 254 cm³/mol. The molecule has 2 N–H and O–H groups in total. The summed E-state index contributed by atoms with van der Waals surface area (Å²) in [7, 11) is 2.74. The number of carbonyl (C=O) groups is 5. The van der Waals surface area contributed by atoms with E-state index in [1.54, 1.807) is 21.0 Å². The molecule has 13 unspecified atom stereocenters. The maximum Gasteiger partial charge on any atom is 0.329 e. The topological polar surface area (TPSA) is 184 Å². The van der Waals surface area contributed by atoms with Gasteiger partial charge < -0.3 is 48.0 Å². The highest BCUT2D eigenvalue weighted by Crippen LogP contribution is 2.45. The number of methoxy groups -OCH3 is 3. The number of ether oxygens (including phenoxy) is 5. The fourth-order valence-corrected chi connectivity index (χ4v) is 14.3. The normalized spacial score (nSPS) is 38.4. The number of aliphatic hydroxyl groups is 2. The van der Waals surface area contributed by atoms with Crippen LogP contribution in [0.4, 0.5) is 0 Å². The number of allylic oxidation sites excluding steroid dienone is 3. The first-order valence-electron chi connectivity index (χ1n) is 25.0. The Balaban J connectivity index is 1.81. The van der Waals surface area contributed by atoms with Crippen molar-refractivity contribution in [2.75, 3.05) is 27.9 Å². The van der Waals surface area contributed by atoms with Gasteiger partial charge in [0.15, 0.2) is 8.32 Å². The van der Waals surface area contributed by atoms with Gasteiger partial charge in [-0.3, -0.25) is 14.4 Å². The number of Topliss-reactive ketones (excluding diaryl/α,β-unsaturated/α-hetero) is 2. The molecule has 0 spiro atoms. The lowest BCUT2D eigenvalue weighted by molar-refractivity contribution is -0.302. The summed E-state index contributed by atoms with van der Waals surface area (Å²) in [6, 6.07) is 1.79. The average Bonchev–Trinajstić information content (AvgIpc) is 3.30. The summed E-state index contributed by atoms with van der Waals surface area (Å²) in [5, 5.41) is 24.1. The molecule has 4 aliphatic rings. The van der Waals surface area contributed by atoms with E-state index in [9.17, 15) is 34.2 Å². The SMILES string of the molecule is CCC1/C=C(\C)CC(C)CC(OC)C2OC(O)(C(=O)C(=O)N3CCCCC3C(=O)OC(C(C)=CC3(CC=O)CC[C@H](O[Si](CC)(CC)CC)C(OC)C3)C(C)C(O)CC1=O)C(C)CC2OC. The van der Waals surface area contributed by atoms with Crippen molar-refractivity contribution in [2.24, 2.45) is 29.1 Å². The van der Waals surface area contributed by atoms with E-state index < -0.39 is 91.5 Å². The Morgan fingerprint density at radius 1 is 0.909 bits per heavy atom. The fraction of sp³-hybridized carbons (Fsp3) is 0.824. The first-order chi connectivity index (χ1) is 31.2. The Bertz CT molecular complexity index is 1710. The highest BCUT2D eigenvalue weighted by molar-refractivity contribution is 6.73. The standard InChI is InChI=1S/C51H85NO13Si/c1-13-37-26-32(5)25-33(6)27-42(60-10)46-43(61-11)28-35(8)51(59,64-46)47(56)48(57)52-23-18-17-19-38(52)49(58)63-45(36(9)39(54)29-40(37)55)34(7)30-50(22-24-53)21-20-41(44(31-50)62-12)65-66(14-2,15-3)16-4/h24,26,30,33,35-39,41-46,54,59H,13-23,25,27-29,31H2,1-12H3/b32-26+,34-30?/t33?,35?,36?,37?,38?,39?,41-,42?,43?,44?,45?,46?,50?,51?/m0/s1. The van der Waals surface area contributed by atoms with Crippen LogP contribution in [0.5, 0.6) is 0 Å². The third kappa shape index (κ3) is 13.0. The number of cyclic esters (lactones) is 1. The number of hydrogen-bond donors (Lipinski definition) is 2. The molecule has 4 rings (SSSR count). The molecule has 14 nitrogen and oxygen atoms in total. The maximum atomic E-state index is 14.7. The fourth-order valence-electron chi connectivity index (χ4n) is 11.4. The Morgan fingerprint density at radius 3 is 2.14 bits per heavy atom. The van der Waals surface area contributed by atoms with Crippen molar-refractivity contribution in [3.8, 4) is 0 Å². The van der Waals surface area contributed by atoms with Gasteiger partial charge in [0.1, 0.15) is 30.3 Å². The van der Waals surface area contributed by atoms with Gasteiger partial charge in [-0.25, -0.2) is 4.79 Å². The van der Waals surface area contributed by atoms with Crippen LogP contribution in [0.2, 0.25) is 18.1 Å². The van der Waals surface area contributed by atoms with Gasteiger partial charge in [0.2, 0.25) is 5.79 Å². The molecule has 1 aliphatic carbocycles. The largest absolute Gasteiger partial charge is 0.456 e. The lowest BCUT2D eigenvalue weighted by Crippen LogP contribution is -2.64. The second-order valence-corrected chi connectivity index (χ2v) is 25.1. The van der Waals surface area contributed by atoms with Crippen LogP contribution in [-0.4, -0.2) is 136 Å². The minimum Gasteiger partial charge on any atom is -0.456 e. The van der Waals surface area contributed by atoms with Gasteiger partial charge in [0, 0.05) is 58.5 Å². The molecular formula is C51H85NO13Si. The van der Waals surface area contributed by atoms with Crippen molar-refractivity contribution >= 4 is 38.0 Å². The van der Waals surface area contributed by atoms with E-state index >= 15 is 0 Å². The summed E-state index contributed by atoms with van der Waals surface area (Å²) in [4.78, 5) is 71.2. The molecule has 0 aromatic heterocycles. The van der Waals surface area contributed by atoms with E-state index in [1.807, 2.05) is 32.9 Å². The summed E-state index contributed by atoms with van der Waals surface area (Å²) >= 11 is 0. The smallest absolute Gasteiger partial charge is 0.329 e. The molecule has 1 saturated carbocycles. The second-order valence-electron chi connectivity index (χ2n) is 20.4. The van der Waals surface area contributed by atoms with Crippen LogP contribution >= 0.6 is 0 Å². The van der Waals surface area contributed by atoms with E-state index in [-0.39, 0.29) is 56.1 Å². The minimum atomic E-state index is -2.53. The van der Waals surface area contributed by atoms with Crippen LogP contribution in [0.25, 0.3) is 0 Å². The number of amides is 1. The van der Waals surface area contributed by atoms with Crippen LogP contribution in [0.1, 0.15) is 139 Å². The molecule has 376 valence electrons. The van der Waals surface area contributed by atoms with Crippen LogP contribution in [-0.2, 0) is 52.1 Å². The number of carbonyl (C=O) groups excluding carboxylic acids is 5. The van der Waals surface area contributed by atoms with Crippen LogP contribution in [0, 0.1) is 29.1 Å². The van der Waals surface area contributed by atoms with E-state index in [1.165, 1.54) is 19.1 Å². The molecule has 2 saturated heterocycles. The molecule has 66 heavy (non-hydrogen) atoms. The van der Waals surface area contributed by atoms with E-state index in [0.29, 0.717) is 56.9 Å². The highest BCUT2D eigenvalue weighted by Gasteiger charge is 2.57. The summed E-state index contributed by atoms with van der Waals surface area (Å²) in [6.45, 7) is 17.8. The summed E-state index contributed by atoms with van der Waals surface area (Å²) in [5.41, 5.74) is 0.882. The van der Waals surface area contributed by atoms with Gasteiger partial charge in [0.25, 0.3) is 11.7 Å². The predicted octanol–water partition coefficient (Wildman–Crippen LogP) is 7.46. The Morgan fingerprint density at radius 2 is 1.55 bits per heavy atom. The quantitative estimate of drug-likeness (QED) is 0.0611. The van der Waals surface area contributed by atoms with Crippen molar-refractivity contribution < 1.29 is 62.3 Å². The number of nitrogens with zero attached hydrogens (tertiary/aromatic N) is 1. The second kappa shape index (κ2) is 24.8. The van der Waals surface area contributed by atoms with Crippen molar-refractivity contribution in [1.82, 2.24) is 4.90 Å². The molecule has 14 atom stereocenters. The van der Waals surface area contributed by atoms with E-state index in [2.05, 4.69) is 27.7 Å². The zero-order chi connectivity index (χ0) is 49.1. The molecule has 3 fully saturated rings. The van der Waals surface area contributed by atoms with Crippen LogP contribution in [0.15, 0.2) is 23.3 Å². The minimum absolute atomic E-state index is 0.0147. The number of piperidine rings is 1. The molecule has 0 radical (unpaired) electrons. The lowest BCUT2D eigenvalue weighted by atomic mass is 9.68. The Hall–Kier alpha value is -2.63. The van der Waals surface area contributed by atoms with Crippen molar-refractivity contribution in [3.05, 3.63) is 23.3 Å². The van der Waals surface area contributed by atoms with E-state index in [4.69, 9.17) is 28.1 Å². The number of rotatable bonds is 13. The van der Waals surface area contributed by atoms with Crippen LogP contribution in [0.3, 0.4) is 0 Å². The molecule has 0 aromatic carbocycles. The summed E-state index contributed by atoms with van der Waals surface area (Å²) in [6.07, 6.45) is 4.85. The average molecular weight is 948 g/mol. The zero-order valence-corrected chi connectivity index (χ0v) is 43.3. The molecule has 0 aromatic rings. The number of hydrogen-bond acceptors (Lipinski definition) is 13. The first kappa shape index (κ1) is 56.0. The van der Waals surface area contributed by atoms with Gasteiger partial charge in [-0.1, -0.05) is 66.2 Å². The maximum absolute atomic E-state index is 14.7. The molecular weight excluding hydrogens is 863 g/mol. The zero-order valence-electron chi connectivity index (χ0n) is 42.3. The summed E-state index contributed by atoms with van der Waals surface area (Å²) < 4.78 is 37.6. The highest BCUT2D eigenvalue weighted by atomic mass is 28.4. The molecule has 3 heterocycles. The molecule has 1 amide bonds. The number of ketones is 2. The van der Waals surface area contributed by atoms with Crippen molar-refractivity contribution in [3.63, 3.8) is 0 Å². The van der Waals surface area contributed by atoms with Crippen LogP contribution < -0.4 is 0 Å². The van der Waals surface area contributed by atoms with E-state index in [0.717, 1.165) is 30.0 Å². The molecule has 15 heteroatoms. The Labute approximate surface area is 396 Å². The van der Waals surface area contributed by atoms with Gasteiger partial charge in [-0.05, 0) is 113 Å². The summed E-state index contributed by atoms with van der Waals surface area (Å²) in [5.74, 6) is -7.79. The third-order valence-electron chi connectivity index (χ3n) is 15.9. The number of fused-ring (bicyclic) bond motifs is 3. The number of aldehydes is 1. The molecule has 3 aliphatic heterocycles. The van der Waals surface area contributed by atoms with Gasteiger partial charge >= 0.3 is 5.97 Å². The van der Waals surface area contributed by atoms with Crippen molar-refractivity contribution in [2.45, 2.75) is 212 Å². The monoisotopic (exact) mass is 948 g/mol.